The van der Waals surface area contributed by atoms with Gasteiger partial charge < -0.3 is 9.15 Å². The molecule has 0 fully saturated rings. The number of ether oxygens (including phenoxy) is 1. The van der Waals surface area contributed by atoms with Crippen LogP contribution in [0.1, 0.15) is 25.7 Å². The van der Waals surface area contributed by atoms with Crippen LogP contribution >= 0.6 is 0 Å². The molecule has 1 aromatic heterocycles. The summed E-state index contributed by atoms with van der Waals surface area (Å²) in [6.45, 7) is 3.85. The molecular weight excluding hydrogens is 154 g/mol. The highest BCUT2D eigenvalue weighted by Crippen LogP contribution is 2.29. The molecule has 3 heteroatoms. The van der Waals surface area contributed by atoms with E-state index in [0.717, 1.165) is 5.76 Å². The Balaban J connectivity index is 2.17. The first-order chi connectivity index (χ1) is 5.67. The first kappa shape index (κ1) is 7.55. The Labute approximate surface area is 71.1 Å². The van der Waals surface area contributed by atoms with Crippen LogP contribution in [-0.4, -0.2) is 11.9 Å². The number of furan rings is 1. The van der Waals surface area contributed by atoms with Gasteiger partial charge in [-0.2, -0.15) is 0 Å². The lowest BCUT2D eigenvalue weighted by molar-refractivity contribution is -0.0230. The lowest BCUT2D eigenvalue weighted by Crippen LogP contribution is -2.17. The minimum atomic E-state index is -0.405. The SMILES string of the molecule is CC1(C)N=CC(c2ccco2)O1. The maximum absolute atomic E-state index is 5.58. The topological polar surface area (TPSA) is 34.7 Å². The molecule has 0 saturated heterocycles. The van der Waals surface area contributed by atoms with Crippen molar-refractivity contribution in [1.82, 2.24) is 0 Å². The second-order valence-electron chi connectivity index (χ2n) is 3.28. The molecule has 0 amide bonds. The molecule has 2 rings (SSSR count). The van der Waals surface area contributed by atoms with Crippen LogP contribution in [0.2, 0.25) is 0 Å². The third kappa shape index (κ3) is 1.28. The molecule has 0 bridgehead atoms. The monoisotopic (exact) mass is 165 g/mol. The predicted molar refractivity (Wildman–Crippen MR) is 45.1 cm³/mol. The van der Waals surface area contributed by atoms with Gasteiger partial charge in [0.25, 0.3) is 0 Å². The third-order valence-electron chi connectivity index (χ3n) is 1.76. The molecular formula is C9H11NO2. The van der Waals surface area contributed by atoms with Crippen LogP contribution in [-0.2, 0) is 4.74 Å². The van der Waals surface area contributed by atoms with Crippen LogP contribution in [0.5, 0.6) is 0 Å². The van der Waals surface area contributed by atoms with Crippen molar-refractivity contribution in [2.45, 2.75) is 25.7 Å². The van der Waals surface area contributed by atoms with E-state index in [1.165, 1.54) is 0 Å². The number of hydrogen-bond donors (Lipinski definition) is 0. The zero-order chi connectivity index (χ0) is 8.60. The normalized spacial score (nSPS) is 26.3. The van der Waals surface area contributed by atoms with Gasteiger partial charge in [0.15, 0.2) is 11.8 Å². The highest BCUT2D eigenvalue weighted by molar-refractivity contribution is 5.67. The molecule has 0 N–H and O–H groups in total. The summed E-state index contributed by atoms with van der Waals surface area (Å²) in [5.41, 5.74) is -0.405. The summed E-state index contributed by atoms with van der Waals surface area (Å²) in [7, 11) is 0. The maximum Gasteiger partial charge on any atom is 0.154 e. The molecule has 0 radical (unpaired) electrons. The Morgan fingerprint density at radius 3 is 2.83 bits per heavy atom. The van der Waals surface area contributed by atoms with Crippen molar-refractivity contribution in [2.24, 2.45) is 4.99 Å². The molecule has 2 heterocycles. The highest BCUT2D eigenvalue weighted by atomic mass is 16.5. The molecule has 1 atom stereocenters. The number of rotatable bonds is 1. The lowest BCUT2D eigenvalue weighted by atomic mass is 10.3. The molecule has 1 aliphatic rings. The van der Waals surface area contributed by atoms with Gasteiger partial charge in [-0.3, -0.25) is 4.99 Å². The number of nitrogens with zero attached hydrogens (tertiary/aromatic N) is 1. The quantitative estimate of drug-likeness (QED) is 0.639. The van der Waals surface area contributed by atoms with Crippen molar-refractivity contribution in [3.05, 3.63) is 24.2 Å². The minimum absolute atomic E-state index is 0.116. The Morgan fingerprint density at radius 2 is 2.33 bits per heavy atom. The van der Waals surface area contributed by atoms with E-state index in [2.05, 4.69) is 4.99 Å². The molecule has 0 aliphatic carbocycles. The van der Waals surface area contributed by atoms with Crippen molar-refractivity contribution in [2.75, 3.05) is 0 Å². The zero-order valence-electron chi connectivity index (χ0n) is 7.15. The number of hydrogen-bond acceptors (Lipinski definition) is 3. The van der Waals surface area contributed by atoms with Crippen molar-refractivity contribution >= 4 is 6.21 Å². The summed E-state index contributed by atoms with van der Waals surface area (Å²) in [5.74, 6) is 0.810. The fourth-order valence-electron chi connectivity index (χ4n) is 1.20. The first-order valence-electron chi connectivity index (χ1n) is 3.94. The van der Waals surface area contributed by atoms with E-state index in [9.17, 15) is 0 Å². The fraction of sp³-hybridized carbons (Fsp3) is 0.444. The summed E-state index contributed by atoms with van der Waals surface area (Å²) in [6, 6.07) is 3.73. The fourth-order valence-corrected chi connectivity index (χ4v) is 1.20. The van der Waals surface area contributed by atoms with Gasteiger partial charge >= 0.3 is 0 Å². The van der Waals surface area contributed by atoms with Crippen LogP contribution in [0.25, 0.3) is 0 Å². The van der Waals surface area contributed by atoms with Crippen molar-refractivity contribution in [3.8, 4) is 0 Å². The second-order valence-corrected chi connectivity index (χ2v) is 3.28. The van der Waals surface area contributed by atoms with Gasteiger partial charge in [-0.1, -0.05) is 0 Å². The van der Waals surface area contributed by atoms with Crippen LogP contribution in [0.4, 0.5) is 0 Å². The third-order valence-corrected chi connectivity index (χ3v) is 1.76. The van der Waals surface area contributed by atoms with E-state index in [4.69, 9.17) is 9.15 Å². The van der Waals surface area contributed by atoms with Gasteiger partial charge in [0.2, 0.25) is 0 Å². The average Bonchev–Trinajstić information content (AvgIpc) is 2.55. The smallest absolute Gasteiger partial charge is 0.154 e. The van der Waals surface area contributed by atoms with Crippen LogP contribution in [0.15, 0.2) is 27.8 Å². The highest BCUT2D eigenvalue weighted by Gasteiger charge is 2.29. The van der Waals surface area contributed by atoms with Gasteiger partial charge in [0.1, 0.15) is 5.76 Å². The molecule has 64 valence electrons. The summed E-state index contributed by atoms with van der Waals surface area (Å²) in [6.07, 6.45) is 3.30. The average molecular weight is 165 g/mol. The molecule has 1 aliphatic heterocycles. The lowest BCUT2D eigenvalue weighted by Gasteiger charge is -2.15. The first-order valence-corrected chi connectivity index (χ1v) is 3.94. The summed E-state index contributed by atoms with van der Waals surface area (Å²) >= 11 is 0. The molecule has 1 unspecified atom stereocenters. The minimum Gasteiger partial charge on any atom is -0.466 e. The molecule has 1 aromatic rings. The van der Waals surface area contributed by atoms with Crippen molar-refractivity contribution in [3.63, 3.8) is 0 Å². The van der Waals surface area contributed by atoms with Gasteiger partial charge in [-0.25, -0.2) is 0 Å². The zero-order valence-corrected chi connectivity index (χ0v) is 7.15. The van der Waals surface area contributed by atoms with E-state index < -0.39 is 5.72 Å². The summed E-state index contributed by atoms with van der Waals surface area (Å²) < 4.78 is 10.8. The Morgan fingerprint density at radius 1 is 1.50 bits per heavy atom. The molecule has 3 nitrogen and oxygen atoms in total. The molecule has 12 heavy (non-hydrogen) atoms. The second kappa shape index (κ2) is 2.45. The Hall–Kier alpha value is -1.09. The van der Waals surface area contributed by atoms with Gasteiger partial charge in [-0.15, -0.1) is 0 Å². The van der Waals surface area contributed by atoms with Crippen LogP contribution < -0.4 is 0 Å². The van der Waals surface area contributed by atoms with Crippen LogP contribution in [0.3, 0.4) is 0 Å². The Kier molecular flexibility index (Phi) is 1.54. The largest absolute Gasteiger partial charge is 0.466 e. The maximum atomic E-state index is 5.58. The van der Waals surface area contributed by atoms with E-state index >= 15 is 0 Å². The molecule has 0 spiro atoms. The van der Waals surface area contributed by atoms with Gasteiger partial charge in [0, 0.05) is 6.21 Å². The number of aliphatic imine (C=N–C) groups is 1. The van der Waals surface area contributed by atoms with E-state index in [1.807, 2.05) is 26.0 Å². The van der Waals surface area contributed by atoms with Crippen molar-refractivity contribution in [1.29, 1.82) is 0 Å². The molecule has 0 saturated carbocycles. The summed E-state index contributed by atoms with van der Waals surface area (Å²) in [4.78, 5) is 4.20. The van der Waals surface area contributed by atoms with Gasteiger partial charge in [-0.05, 0) is 26.0 Å². The van der Waals surface area contributed by atoms with E-state index in [-0.39, 0.29) is 6.10 Å². The van der Waals surface area contributed by atoms with Crippen molar-refractivity contribution < 1.29 is 9.15 Å². The summed E-state index contributed by atoms with van der Waals surface area (Å²) in [5, 5.41) is 0. The van der Waals surface area contributed by atoms with E-state index in [0.29, 0.717) is 0 Å². The standard InChI is InChI=1S/C9H11NO2/c1-9(2)10-6-8(12-9)7-4-3-5-11-7/h3-6,8H,1-2H3. The van der Waals surface area contributed by atoms with Gasteiger partial charge in [0.05, 0.1) is 6.26 Å². The predicted octanol–water partition coefficient (Wildman–Crippen LogP) is 2.16. The molecule has 0 aromatic carbocycles. The van der Waals surface area contributed by atoms with Crippen LogP contribution in [0, 0.1) is 0 Å². The van der Waals surface area contributed by atoms with E-state index in [1.54, 1.807) is 12.5 Å². The Bertz CT molecular complexity index is 287.